The van der Waals surface area contributed by atoms with Gasteiger partial charge in [0.1, 0.15) is 0 Å². The molecule has 0 aliphatic carbocycles. The Labute approximate surface area is 221 Å². The molecule has 0 bridgehead atoms. The molecule has 0 fully saturated rings. The van der Waals surface area contributed by atoms with E-state index in [9.17, 15) is 28.3 Å². The molecule has 3 amide bonds. The Kier molecular flexibility index (Phi) is 7.63. The molecule has 0 aliphatic rings. The minimum atomic E-state index is -1.26. The van der Waals surface area contributed by atoms with Crippen molar-refractivity contribution in [3.63, 3.8) is 0 Å². The van der Waals surface area contributed by atoms with Gasteiger partial charge in [0.25, 0.3) is 5.91 Å². The van der Waals surface area contributed by atoms with Gasteiger partial charge in [-0.05, 0) is 49.6 Å². The normalized spacial score (nSPS) is 11.7. The highest BCUT2D eigenvalue weighted by Gasteiger charge is 2.21. The second-order valence-electron chi connectivity index (χ2n) is 8.73. The first-order chi connectivity index (χ1) is 18.0. The maximum Gasteiger partial charge on any atom is 0.416 e. The molecule has 38 heavy (non-hydrogen) atoms. The fourth-order valence-corrected chi connectivity index (χ4v) is 4.42. The molecule has 4 N–H and O–H groups in total. The molecule has 8 nitrogen and oxygen atoms in total. The second-order valence-corrected chi connectivity index (χ2v) is 9.13. The van der Waals surface area contributed by atoms with Crippen LogP contribution in [0.5, 0.6) is 0 Å². The van der Waals surface area contributed by atoms with Crippen LogP contribution in [-0.2, 0) is 6.42 Å². The summed E-state index contributed by atoms with van der Waals surface area (Å²) in [7, 11) is 0. The van der Waals surface area contributed by atoms with Crippen LogP contribution in [0.3, 0.4) is 0 Å². The molecule has 0 spiro atoms. The van der Waals surface area contributed by atoms with E-state index in [0.29, 0.717) is 39.8 Å². The molecule has 1 atom stereocenters. The minimum Gasteiger partial charge on any atom is -0.464 e. The van der Waals surface area contributed by atoms with E-state index >= 15 is 0 Å². The largest absolute Gasteiger partial charge is 0.464 e. The minimum absolute atomic E-state index is 0.252. The maximum atomic E-state index is 14.1. The van der Waals surface area contributed by atoms with Crippen molar-refractivity contribution >= 4 is 51.9 Å². The molecule has 0 unspecified atom stereocenters. The molecule has 3 aromatic carbocycles. The average Bonchev–Trinajstić information content (AvgIpc) is 3.22. The molecule has 0 aliphatic heterocycles. The number of nitrogens with one attached hydrogen (secondary N) is 3. The number of carbonyl (C=O) groups excluding carboxylic acids is 2. The van der Waals surface area contributed by atoms with Crippen LogP contribution in [0.15, 0.2) is 60.8 Å². The number of carbonyl (C=O) groups is 3. The van der Waals surface area contributed by atoms with Gasteiger partial charge in [0, 0.05) is 23.7 Å². The Morgan fingerprint density at radius 3 is 2.45 bits per heavy atom. The quantitative estimate of drug-likeness (QED) is 0.226. The number of para-hydroxylation sites is 2. The number of carboxylic acid groups (broad SMARTS) is 1. The summed E-state index contributed by atoms with van der Waals surface area (Å²) >= 11 is 6.13. The highest BCUT2D eigenvalue weighted by molar-refractivity contribution is 6.34. The zero-order valence-electron chi connectivity index (χ0n) is 20.3. The van der Waals surface area contributed by atoms with Gasteiger partial charge in [-0.3, -0.25) is 9.36 Å². The standard InChI is InChI=1S/C27H23ClF2N4O4/c1-14-6-5-8-19(28)24(14)33-26(36)32-22-12-21(30)20(29)11-18(22)25(35)31-15(2)10-16-13-34(27(37)38)23-9-4-3-7-17(16)23/h3-9,11-13,15H,10H2,1-2H3,(H,31,35)(H,37,38)(H2,32,33,36)/t15-/m1/s1. The molecule has 4 aromatic rings. The third kappa shape index (κ3) is 5.60. The first-order valence-electron chi connectivity index (χ1n) is 11.5. The molecule has 1 aromatic heterocycles. The van der Waals surface area contributed by atoms with E-state index < -0.39 is 35.7 Å². The summed E-state index contributed by atoms with van der Waals surface area (Å²) in [6.07, 6.45) is 0.582. The van der Waals surface area contributed by atoms with Gasteiger partial charge in [0.2, 0.25) is 0 Å². The molecule has 0 radical (unpaired) electrons. The summed E-state index contributed by atoms with van der Waals surface area (Å²) in [4.78, 5) is 37.3. The van der Waals surface area contributed by atoms with E-state index in [1.807, 2.05) is 0 Å². The predicted octanol–water partition coefficient (Wildman–Crippen LogP) is 6.41. The van der Waals surface area contributed by atoms with E-state index in [2.05, 4.69) is 16.0 Å². The predicted molar refractivity (Wildman–Crippen MR) is 141 cm³/mol. The third-order valence-electron chi connectivity index (χ3n) is 5.92. The smallest absolute Gasteiger partial charge is 0.416 e. The van der Waals surface area contributed by atoms with E-state index in [4.69, 9.17) is 11.6 Å². The molecule has 0 saturated heterocycles. The van der Waals surface area contributed by atoms with Gasteiger partial charge in [-0.2, -0.15) is 0 Å². The first-order valence-corrected chi connectivity index (χ1v) is 11.9. The molecule has 0 saturated carbocycles. The Hall–Kier alpha value is -4.44. The fraction of sp³-hybridized carbons (Fsp3) is 0.148. The Bertz CT molecular complexity index is 1550. The summed E-state index contributed by atoms with van der Waals surface area (Å²) in [6, 6.07) is 12.0. The zero-order valence-corrected chi connectivity index (χ0v) is 21.1. The van der Waals surface area contributed by atoms with Crippen LogP contribution in [0.25, 0.3) is 10.9 Å². The van der Waals surface area contributed by atoms with Crippen molar-refractivity contribution in [2.75, 3.05) is 10.6 Å². The number of halogens is 3. The Balaban J connectivity index is 1.54. The van der Waals surface area contributed by atoms with E-state index in [0.717, 1.165) is 4.57 Å². The first kappa shape index (κ1) is 26.6. The van der Waals surface area contributed by atoms with Crippen LogP contribution >= 0.6 is 11.6 Å². The van der Waals surface area contributed by atoms with Crippen LogP contribution in [0.1, 0.15) is 28.4 Å². The lowest BCUT2D eigenvalue weighted by Crippen LogP contribution is -2.35. The Morgan fingerprint density at radius 2 is 1.74 bits per heavy atom. The van der Waals surface area contributed by atoms with Gasteiger partial charge in [-0.25, -0.2) is 18.4 Å². The maximum absolute atomic E-state index is 14.1. The molecular formula is C27H23ClF2N4O4. The fourth-order valence-electron chi connectivity index (χ4n) is 4.15. The topological polar surface area (TPSA) is 112 Å². The van der Waals surface area contributed by atoms with Gasteiger partial charge in [-0.1, -0.05) is 41.9 Å². The lowest BCUT2D eigenvalue weighted by Gasteiger charge is -2.17. The Morgan fingerprint density at radius 1 is 1.03 bits per heavy atom. The van der Waals surface area contributed by atoms with Crippen LogP contribution in [0.4, 0.5) is 29.7 Å². The number of fused-ring (bicyclic) bond motifs is 1. The number of hydrogen-bond donors (Lipinski definition) is 4. The average molecular weight is 541 g/mol. The van der Waals surface area contributed by atoms with E-state index in [1.54, 1.807) is 56.3 Å². The third-order valence-corrected chi connectivity index (χ3v) is 6.23. The summed E-state index contributed by atoms with van der Waals surface area (Å²) in [5, 5.41) is 18.1. The van der Waals surface area contributed by atoms with Gasteiger partial charge in [0.05, 0.1) is 27.5 Å². The number of urea groups is 1. The number of aromatic nitrogens is 1. The lowest BCUT2D eigenvalue weighted by molar-refractivity contribution is 0.0940. The van der Waals surface area contributed by atoms with Crippen molar-refractivity contribution in [3.8, 4) is 0 Å². The molecule has 196 valence electrons. The monoisotopic (exact) mass is 540 g/mol. The van der Waals surface area contributed by atoms with Gasteiger partial charge in [0.15, 0.2) is 11.6 Å². The molecule has 4 rings (SSSR count). The second kappa shape index (κ2) is 10.9. The van der Waals surface area contributed by atoms with Gasteiger partial charge >= 0.3 is 12.1 Å². The number of hydrogen-bond acceptors (Lipinski definition) is 3. The van der Waals surface area contributed by atoms with Crippen LogP contribution in [0, 0.1) is 18.6 Å². The van der Waals surface area contributed by atoms with Crippen molar-refractivity contribution in [1.82, 2.24) is 9.88 Å². The number of nitrogens with zero attached hydrogens (tertiary/aromatic N) is 1. The summed E-state index contributed by atoms with van der Waals surface area (Å²) in [6.45, 7) is 3.41. The van der Waals surface area contributed by atoms with Crippen LogP contribution < -0.4 is 16.0 Å². The zero-order chi connectivity index (χ0) is 27.6. The molecular weight excluding hydrogens is 518 g/mol. The van der Waals surface area contributed by atoms with E-state index in [1.165, 1.54) is 6.20 Å². The SMILES string of the molecule is Cc1cccc(Cl)c1NC(=O)Nc1cc(F)c(F)cc1C(=O)N[C@H](C)Cc1cn(C(=O)O)c2ccccc12. The summed E-state index contributed by atoms with van der Waals surface area (Å²) in [5.41, 5.74) is 1.63. The molecule has 11 heteroatoms. The highest BCUT2D eigenvalue weighted by atomic mass is 35.5. The number of rotatable bonds is 6. The number of amides is 3. The number of benzene rings is 3. The molecule has 1 heterocycles. The van der Waals surface area contributed by atoms with Gasteiger partial charge < -0.3 is 21.1 Å². The van der Waals surface area contributed by atoms with Crippen molar-refractivity contribution in [2.45, 2.75) is 26.3 Å². The van der Waals surface area contributed by atoms with Gasteiger partial charge in [-0.15, -0.1) is 0 Å². The summed E-state index contributed by atoms with van der Waals surface area (Å²) in [5.74, 6) is -3.27. The van der Waals surface area contributed by atoms with Crippen molar-refractivity contribution in [3.05, 3.63) is 94.1 Å². The summed E-state index contributed by atoms with van der Waals surface area (Å²) < 4.78 is 29.2. The van der Waals surface area contributed by atoms with Crippen LogP contribution in [-0.4, -0.2) is 33.7 Å². The van der Waals surface area contributed by atoms with Crippen LogP contribution in [0.2, 0.25) is 5.02 Å². The van der Waals surface area contributed by atoms with Crippen molar-refractivity contribution in [1.29, 1.82) is 0 Å². The van der Waals surface area contributed by atoms with Crippen molar-refractivity contribution in [2.24, 2.45) is 0 Å². The van der Waals surface area contributed by atoms with Crippen molar-refractivity contribution < 1.29 is 28.3 Å². The lowest BCUT2D eigenvalue weighted by atomic mass is 10.1. The highest BCUT2D eigenvalue weighted by Crippen LogP contribution is 2.27. The number of aryl methyl sites for hydroxylation is 1. The number of anilines is 2. The van der Waals surface area contributed by atoms with E-state index in [-0.39, 0.29) is 22.7 Å².